The Morgan fingerprint density at radius 3 is 2.10 bits per heavy atom. The van der Waals surface area contributed by atoms with E-state index in [4.69, 9.17) is 0 Å². The third-order valence-corrected chi connectivity index (χ3v) is 4.86. The zero-order valence-corrected chi connectivity index (χ0v) is 14.2. The Bertz CT molecular complexity index is 517. The van der Waals surface area contributed by atoms with Crippen LogP contribution in [-0.4, -0.2) is 44.1 Å². The van der Waals surface area contributed by atoms with Crippen LogP contribution in [-0.2, 0) is 10.1 Å². The molecular weight excluding hydrogens is 286 g/mol. The highest BCUT2D eigenvalue weighted by atomic mass is 32.2. The van der Waals surface area contributed by atoms with Gasteiger partial charge in [0.1, 0.15) is 10.1 Å². The summed E-state index contributed by atoms with van der Waals surface area (Å²) < 4.78 is 32.5. The summed E-state index contributed by atoms with van der Waals surface area (Å²) in [6.07, 6.45) is 5.69. The molecule has 0 aromatic heterocycles. The summed E-state index contributed by atoms with van der Waals surface area (Å²) in [6.45, 7) is 8.37. The Morgan fingerprint density at radius 2 is 1.67 bits per heavy atom. The Kier molecular flexibility index (Phi) is 6.84. The Balaban J connectivity index is 0.000000211. The van der Waals surface area contributed by atoms with Crippen LogP contribution in [0.15, 0.2) is 29.2 Å². The van der Waals surface area contributed by atoms with Gasteiger partial charge >= 0.3 is 0 Å². The predicted molar refractivity (Wildman–Crippen MR) is 84.1 cm³/mol. The number of quaternary nitrogens is 1. The average molecular weight is 313 g/mol. The lowest BCUT2D eigenvalue weighted by Crippen LogP contribution is -2.41. The molecule has 1 aliphatic heterocycles. The number of hydrogen-bond donors (Lipinski definition) is 0. The van der Waals surface area contributed by atoms with E-state index in [9.17, 15) is 13.0 Å². The fourth-order valence-electron chi connectivity index (χ4n) is 2.57. The molecule has 1 aliphatic rings. The van der Waals surface area contributed by atoms with Gasteiger partial charge < -0.3 is 9.04 Å². The molecule has 0 unspecified atom stereocenters. The lowest BCUT2D eigenvalue weighted by Gasteiger charge is -2.28. The summed E-state index contributed by atoms with van der Waals surface area (Å²) in [6, 6.07) is 5.78. The van der Waals surface area contributed by atoms with Crippen LogP contribution in [0.3, 0.4) is 0 Å². The van der Waals surface area contributed by atoms with E-state index in [1.807, 2.05) is 6.92 Å². The molecule has 0 amide bonds. The van der Waals surface area contributed by atoms with Crippen LogP contribution in [0.5, 0.6) is 0 Å². The fourth-order valence-corrected chi connectivity index (χ4v) is 3.04. The van der Waals surface area contributed by atoms with E-state index in [-0.39, 0.29) is 4.90 Å². The average Bonchev–Trinajstić information content (AvgIpc) is 2.84. The molecule has 0 N–H and O–H groups in total. The molecule has 0 radical (unpaired) electrons. The second-order valence-corrected chi connectivity index (χ2v) is 7.50. The van der Waals surface area contributed by atoms with Crippen LogP contribution < -0.4 is 0 Å². The molecule has 120 valence electrons. The van der Waals surface area contributed by atoms with Crippen molar-refractivity contribution in [2.75, 3.05) is 26.7 Å². The standard InChI is InChI=1S/C9H20N.C7H8O3S/c1-3-4-7-10(2)8-5-6-9-10;1-6-2-4-7(5-3-6)11(8,9)10/h3-9H2,1-2H3;2-5H,1H3,(H,8,9,10)/q+1;/p-1. The van der Waals surface area contributed by atoms with E-state index in [2.05, 4.69) is 14.0 Å². The van der Waals surface area contributed by atoms with Crippen molar-refractivity contribution in [2.45, 2.75) is 44.4 Å². The molecule has 4 nitrogen and oxygen atoms in total. The number of benzene rings is 1. The first-order valence-electron chi connectivity index (χ1n) is 7.63. The van der Waals surface area contributed by atoms with Crippen LogP contribution in [0.25, 0.3) is 0 Å². The van der Waals surface area contributed by atoms with Crippen LogP contribution in [0.4, 0.5) is 0 Å². The molecule has 5 heteroatoms. The second-order valence-electron chi connectivity index (χ2n) is 6.12. The Morgan fingerprint density at radius 1 is 1.14 bits per heavy atom. The SMILES string of the molecule is CCCC[N+]1(C)CCCC1.Cc1ccc(S(=O)(=O)[O-])cc1. The van der Waals surface area contributed by atoms with Gasteiger partial charge in [-0.2, -0.15) is 0 Å². The van der Waals surface area contributed by atoms with Gasteiger partial charge in [0.25, 0.3) is 0 Å². The smallest absolute Gasteiger partial charge is 0.124 e. The maximum Gasteiger partial charge on any atom is 0.124 e. The van der Waals surface area contributed by atoms with Gasteiger partial charge in [0.2, 0.25) is 0 Å². The van der Waals surface area contributed by atoms with Crippen LogP contribution >= 0.6 is 0 Å². The van der Waals surface area contributed by atoms with Crippen molar-refractivity contribution in [2.24, 2.45) is 0 Å². The first-order chi connectivity index (χ1) is 9.77. The quantitative estimate of drug-likeness (QED) is 0.634. The van der Waals surface area contributed by atoms with E-state index >= 15 is 0 Å². The van der Waals surface area contributed by atoms with Crippen LogP contribution in [0.1, 0.15) is 38.2 Å². The maximum atomic E-state index is 10.4. The van der Waals surface area contributed by atoms with Gasteiger partial charge in [0.15, 0.2) is 0 Å². The van der Waals surface area contributed by atoms with Gasteiger partial charge in [0.05, 0.1) is 31.6 Å². The number of hydrogen-bond acceptors (Lipinski definition) is 3. The van der Waals surface area contributed by atoms with Gasteiger partial charge in [-0.15, -0.1) is 0 Å². The number of nitrogens with zero attached hydrogens (tertiary/aromatic N) is 1. The van der Waals surface area contributed by atoms with Crippen molar-refractivity contribution in [3.05, 3.63) is 29.8 Å². The lowest BCUT2D eigenvalue weighted by molar-refractivity contribution is -0.897. The first kappa shape index (κ1) is 18.1. The number of aryl methyl sites for hydroxylation is 1. The fraction of sp³-hybridized carbons (Fsp3) is 0.625. The maximum absolute atomic E-state index is 10.4. The van der Waals surface area contributed by atoms with Crippen molar-refractivity contribution >= 4 is 10.1 Å². The van der Waals surface area contributed by atoms with E-state index in [0.29, 0.717) is 0 Å². The highest BCUT2D eigenvalue weighted by molar-refractivity contribution is 7.85. The van der Waals surface area contributed by atoms with E-state index in [1.165, 1.54) is 61.9 Å². The highest BCUT2D eigenvalue weighted by Gasteiger charge is 2.25. The van der Waals surface area contributed by atoms with Crippen molar-refractivity contribution in [1.29, 1.82) is 0 Å². The molecule has 0 atom stereocenters. The summed E-state index contributed by atoms with van der Waals surface area (Å²) in [4.78, 5) is -0.178. The highest BCUT2D eigenvalue weighted by Crippen LogP contribution is 2.16. The molecule has 1 aromatic rings. The third-order valence-electron chi connectivity index (χ3n) is 4.01. The molecular formula is C16H27NO3S. The van der Waals surface area contributed by atoms with Crippen molar-refractivity contribution in [3.8, 4) is 0 Å². The van der Waals surface area contributed by atoms with Crippen LogP contribution in [0, 0.1) is 6.92 Å². The number of unbranched alkanes of at least 4 members (excludes halogenated alkanes) is 1. The zero-order valence-electron chi connectivity index (χ0n) is 13.3. The molecule has 0 bridgehead atoms. The van der Waals surface area contributed by atoms with E-state index in [1.54, 1.807) is 12.1 Å². The molecule has 1 heterocycles. The largest absolute Gasteiger partial charge is 0.744 e. The van der Waals surface area contributed by atoms with Gasteiger partial charge in [-0.1, -0.05) is 31.0 Å². The third kappa shape index (κ3) is 6.59. The molecule has 1 aromatic carbocycles. The molecule has 0 spiro atoms. The van der Waals surface area contributed by atoms with Crippen molar-refractivity contribution in [1.82, 2.24) is 0 Å². The van der Waals surface area contributed by atoms with Gasteiger partial charge in [-0.05, 0) is 25.5 Å². The molecule has 0 saturated carbocycles. The summed E-state index contributed by atoms with van der Waals surface area (Å²) >= 11 is 0. The molecule has 1 saturated heterocycles. The molecule has 0 aliphatic carbocycles. The second kappa shape index (κ2) is 7.92. The topological polar surface area (TPSA) is 57.2 Å². The zero-order chi connectivity index (χ0) is 15.9. The minimum Gasteiger partial charge on any atom is -0.744 e. The van der Waals surface area contributed by atoms with E-state index in [0.717, 1.165) is 5.56 Å². The summed E-state index contributed by atoms with van der Waals surface area (Å²) in [5.74, 6) is 0. The predicted octanol–water partition coefficient (Wildman–Crippen LogP) is 2.93. The van der Waals surface area contributed by atoms with Crippen LogP contribution in [0.2, 0.25) is 0 Å². The number of rotatable bonds is 4. The monoisotopic (exact) mass is 313 g/mol. The molecule has 21 heavy (non-hydrogen) atoms. The summed E-state index contributed by atoms with van der Waals surface area (Å²) in [5.41, 5.74) is 0.928. The Hall–Kier alpha value is -0.910. The Labute approximate surface area is 129 Å². The van der Waals surface area contributed by atoms with Gasteiger partial charge in [0, 0.05) is 12.8 Å². The summed E-state index contributed by atoms with van der Waals surface area (Å²) in [7, 11) is -1.86. The number of likely N-dealkylation sites (tertiary alicyclic amines) is 1. The summed E-state index contributed by atoms with van der Waals surface area (Å²) in [5, 5.41) is 0. The van der Waals surface area contributed by atoms with E-state index < -0.39 is 10.1 Å². The normalized spacial score (nSPS) is 17.1. The minimum atomic E-state index is -4.27. The first-order valence-corrected chi connectivity index (χ1v) is 9.04. The van der Waals surface area contributed by atoms with Gasteiger partial charge in [-0.25, -0.2) is 8.42 Å². The molecule has 2 rings (SSSR count). The minimum absolute atomic E-state index is 0.178. The lowest BCUT2D eigenvalue weighted by atomic mass is 10.2. The van der Waals surface area contributed by atoms with Crippen molar-refractivity contribution in [3.63, 3.8) is 0 Å². The van der Waals surface area contributed by atoms with Gasteiger partial charge in [-0.3, -0.25) is 0 Å². The van der Waals surface area contributed by atoms with Crippen molar-refractivity contribution < 1.29 is 17.5 Å². The molecule has 1 fully saturated rings.